The van der Waals surface area contributed by atoms with Gasteiger partial charge >= 0.3 is 0 Å². The van der Waals surface area contributed by atoms with Crippen molar-refractivity contribution in [2.45, 2.75) is 39.5 Å². The van der Waals surface area contributed by atoms with Crippen LogP contribution in [0.1, 0.15) is 39.5 Å². The van der Waals surface area contributed by atoms with Crippen LogP contribution in [-0.2, 0) is 9.59 Å². The van der Waals surface area contributed by atoms with Crippen molar-refractivity contribution in [3.8, 4) is 0 Å². The van der Waals surface area contributed by atoms with Gasteiger partial charge in [-0.15, -0.1) is 0 Å². The Kier molecular flexibility index (Phi) is 6.26. The van der Waals surface area contributed by atoms with Crippen LogP contribution in [0.2, 0.25) is 0 Å². The van der Waals surface area contributed by atoms with Gasteiger partial charge < -0.3 is 0 Å². The molecule has 0 N–H and O–H groups in total. The zero-order chi connectivity index (χ0) is 12.8. The second kappa shape index (κ2) is 6.63. The fraction of sp³-hybridized carbons (Fsp3) is 0.833. The summed E-state index contributed by atoms with van der Waals surface area (Å²) < 4.78 is 0.493. The molecule has 0 atom stereocenters. The average molecular weight is 229 g/mol. The third-order valence-corrected chi connectivity index (χ3v) is 2.53. The van der Waals surface area contributed by atoms with E-state index in [4.69, 9.17) is 0 Å². The van der Waals surface area contributed by atoms with Crippen molar-refractivity contribution in [3.05, 3.63) is 0 Å². The lowest BCUT2D eigenvalue weighted by atomic mass is 10.2. The van der Waals surface area contributed by atoms with Crippen LogP contribution in [0.3, 0.4) is 0 Å². The predicted molar refractivity (Wildman–Crippen MR) is 64.6 cm³/mol. The molecule has 0 aromatic rings. The molecule has 4 nitrogen and oxygen atoms in total. The summed E-state index contributed by atoms with van der Waals surface area (Å²) in [5, 5.41) is 1.81. The minimum absolute atomic E-state index is 0.136. The summed E-state index contributed by atoms with van der Waals surface area (Å²) in [5.74, 6) is 0.404. The summed E-state index contributed by atoms with van der Waals surface area (Å²) in [6, 6.07) is 0. The Morgan fingerprint density at radius 3 is 2.00 bits per heavy atom. The topological polar surface area (TPSA) is 37.4 Å². The summed E-state index contributed by atoms with van der Waals surface area (Å²) in [4.78, 5) is 22.9. The Morgan fingerprint density at radius 1 is 1.06 bits per heavy atom. The number of nitrogens with zero attached hydrogens (tertiary/aromatic N) is 2. The summed E-state index contributed by atoms with van der Waals surface area (Å²) >= 11 is 0. The number of carbonyl (C=O) groups is 2. The highest BCUT2D eigenvalue weighted by Gasteiger charge is 2.24. The van der Waals surface area contributed by atoms with E-state index in [1.807, 2.05) is 40.0 Å². The molecule has 0 aliphatic rings. The van der Waals surface area contributed by atoms with E-state index >= 15 is 0 Å². The molecule has 0 saturated carbocycles. The summed E-state index contributed by atoms with van der Waals surface area (Å²) in [6.07, 6.45) is 2.43. The molecule has 0 aliphatic heterocycles. The van der Waals surface area contributed by atoms with Gasteiger partial charge in [-0.3, -0.25) is 9.59 Å². The van der Waals surface area contributed by atoms with Crippen LogP contribution >= 0.6 is 0 Å². The normalized spacial score (nSPS) is 11.3. The monoisotopic (exact) mass is 229 g/mol. The van der Waals surface area contributed by atoms with Crippen LogP contribution in [0, 0.1) is 0 Å². The molecule has 0 spiro atoms. The zero-order valence-electron chi connectivity index (χ0n) is 11.2. The number of quaternary nitrogens is 1. The van der Waals surface area contributed by atoms with Crippen molar-refractivity contribution in [3.63, 3.8) is 0 Å². The first-order valence-electron chi connectivity index (χ1n) is 5.96. The zero-order valence-corrected chi connectivity index (χ0v) is 11.2. The van der Waals surface area contributed by atoms with E-state index in [0.717, 1.165) is 6.42 Å². The van der Waals surface area contributed by atoms with E-state index in [-0.39, 0.29) is 11.7 Å². The molecule has 0 rings (SSSR count). The van der Waals surface area contributed by atoms with Gasteiger partial charge in [-0.1, -0.05) is 13.8 Å². The highest BCUT2D eigenvalue weighted by Crippen LogP contribution is 2.07. The molecule has 0 bridgehead atoms. The lowest BCUT2D eigenvalue weighted by Gasteiger charge is -2.36. The molecule has 0 aromatic carbocycles. The van der Waals surface area contributed by atoms with Gasteiger partial charge in [-0.25, -0.2) is 4.59 Å². The lowest BCUT2D eigenvalue weighted by molar-refractivity contribution is -0.973. The summed E-state index contributed by atoms with van der Waals surface area (Å²) in [7, 11) is 5.90. The van der Waals surface area contributed by atoms with Gasteiger partial charge in [0.05, 0.1) is 27.7 Å². The van der Waals surface area contributed by atoms with Gasteiger partial charge in [0.15, 0.2) is 0 Å². The van der Waals surface area contributed by atoms with E-state index in [1.165, 1.54) is 0 Å². The van der Waals surface area contributed by atoms with Crippen LogP contribution in [-0.4, -0.2) is 49.0 Å². The highest BCUT2D eigenvalue weighted by atomic mass is 16.2. The largest absolute Gasteiger partial charge is 0.300 e. The SMILES string of the molecule is CCC(=O)CCCN(C(=O)CC)[N+](C)(C)C. The molecule has 94 valence electrons. The van der Waals surface area contributed by atoms with Crippen LogP contribution in [0.15, 0.2) is 0 Å². The number of ketones is 1. The molecule has 1 amide bonds. The number of rotatable bonds is 7. The molecule has 0 fully saturated rings. The Morgan fingerprint density at radius 2 is 1.62 bits per heavy atom. The fourth-order valence-electron chi connectivity index (χ4n) is 1.54. The maximum absolute atomic E-state index is 11.7. The minimum atomic E-state index is 0.136. The number of hydrogen-bond acceptors (Lipinski definition) is 2. The van der Waals surface area contributed by atoms with Crippen LogP contribution < -0.4 is 0 Å². The lowest BCUT2D eigenvalue weighted by Crippen LogP contribution is -2.54. The highest BCUT2D eigenvalue weighted by molar-refractivity contribution is 5.78. The molecule has 0 heterocycles. The van der Waals surface area contributed by atoms with Crippen LogP contribution in [0.4, 0.5) is 0 Å². The van der Waals surface area contributed by atoms with E-state index in [1.54, 1.807) is 0 Å². The van der Waals surface area contributed by atoms with Crippen molar-refractivity contribution in [1.29, 1.82) is 0 Å². The summed E-state index contributed by atoms with van der Waals surface area (Å²) in [6.45, 7) is 4.39. The van der Waals surface area contributed by atoms with Gasteiger partial charge in [0.2, 0.25) is 0 Å². The van der Waals surface area contributed by atoms with Gasteiger partial charge in [0.25, 0.3) is 5.91 Å². The molecule has 16 heavy (non-hydrogen) atoms. The van der Waals surface area contributed by atoms with Crippen molar-refractivity contribution < 1.29 is 14.2 Å². The first kappa shape index (κ1) is 15.1. The standard InChI is InChI=1S/C12H25N2O2/c1-6-11(15)9-8-10-13(12(16)7-2)14(3,4)5/h6-10H2,1-5H3/q+1. The van der Waals surface area contributed by atoms with Crippen molar-refractivity contribution in [1.82, 2.24) is 5.01 Å². The number of hydrogen-bond donors (Lipinski definition) is 0. The van der Waals surface area contributed by atoms with E-state index in [2.05, 4.69) is 0 Å². The Hall–Kier alpha value is -0.900. The molecule has 0 aliphatic carbocycles. The van der Waals surface area contributed by atoms with E-state index < -0.39 is 0 Å². The summed E-state index contributed by atoms with van der Waals surface area (Å²) in [5.41, 5.74) is 0. The van der Waals surface area contributed by atoms with Crippen molar-refractivity contribution in [2.75, 3.05) is 27.7 Å². The smallest absolute Gasteiger partial charge is 0.267 e. The Bertz CT molecular complexity index is 244. The minimum Gasteiger partial charge on any atom is -0.300 e. The number of amides is 1. The molecule has 4 heteroatoms. The Labute approximate surface area is 98.8 Å². The number of carbonyl (C=O) groups excluding carboxylic acids is 2. The second-order valence-electron chi connectivity index (χ2n) is 4.81. The first-order chi connectivity index (χ1) is 7.32. The van der Waals surface area contributed by atoms with E-state index in [9.17, 15) is 9.59 Å². The maximum atomic E-state index is 11.7. The molecule has 0 saturated heterocycles. The first-order valence-corrected chi connectivity index (χ1v) is 5.96. The predicted octanol–water partition coefficient (Wildman–Crippen LogP) is 1.61. The third kappa shape index (κ3) is 5.26. The fourth-order valence-corrected chi connectivity index (χ4v) is 1.54. The molecular weight excluding hydrogens is 204 g/mol. The van der Waals surface area contributed by atoms with Crippen molar-refractivity contribution >= 4 is 11.7 Å². The van der Waals surface area contributed by atoms with Crippen LogP contribution in [0.5, 0.6) is 0 Å². The quantitative estimate of drug-likeness (QED) is 0.491. The Balaban J connectivity index is 4.24. The van der Waals surface area contributed by atoms with Gasteiger partial charge in [-0.05, 0) is 6.42 Å². The van der Waals surface area contributed by atoms with Crippen LogP contribution in [0.25, 0.3) is 0 Å². The molecular formula is C12H25N2O2+. The van der Waals surface area contributed by atoms with Crippen molar-refractivity contribution in [2.24, 2.45) is 0 Å². The maximum Gasteiger partial charge on any atom is 0.267 e. The van der Waals surface area contributed by atoms with Gasteiger partial charge in [0.1, 0.15) is 5.78 Å². The average Bonchev–Trinajstić information content (AvgIpc) is 2.21. The molecule has 0 unspecified atom stereocenters. The third-order valence-electron chi connectivity index (χ3n) is 2.53. The number of Topliss-reactive ketones (excluding diaryl/α,β-unsaturated/α-hetero) is 1. The van der Waals surface area contributed by atoms with E-state index in [0.29, 0.717) is 30.4 Å². The molecule has 0 aromatic heterocycles. The van der Waals surface area contributed by atoms with Gasteiger partial charge in [0, 0.05) is 19.3 Å². The van der Waals surface area contributed by atoms with Gasteiger partial charge in [-0.2, -0.15) is 5.01 Å². The molecule has 0 radical (unpaired) electrons. The second-order valence-corrected chi connectivity index (χ2v) is 4.81.